The highest BCUT2D eigenvalue weighted by atomic mass is 16.1. The normalized spacial score (nSPS) is 11.4. The second kappa shape index (κ2) is 10.3. The molecule has 0 atom stereocenters. The van der Waals surface area contributed by atoms with E-state index in [1.54, 1.807) is 6.20 Å². The molecule has 0 saturated heterocycles. The van der Waals surface area contributed by atoms with Crippen LogP contribution in [0.25, 0.3) is 22.2 Å². The second-order valence-corrected chi connectivity index (χ2v) is 8.66. The molecule has 4 heterocycles. The number of rotatable bonds is 10. The Bertz CT molecular complexity index is 1280. The van der Waals surface area contributed by atoms with E-state index in [4.69, 9.17) is 10.7 Å². The molecule has 1 amide bonds. The number of amides is 1. The summed E-state index contributed by atoms with van der Waals surface area (Å²) in [4.78, 5) is 22.2. The van der Waals surface area contributed by atoms with Crippen LogP contribution in [0.5, 0.6) is 0 Å². The van der Waals surface area contributed by atoms with Crippen LogP contribution in [0.15, 0.2) is 49.1 Å². The van der Waals surface area contributed by atoms with Gasteiger partial charge in [0.1, 0.15) is 5.82 Å². The first kappa shape index (κ1) is 23.2. The third-order valence-corrected chi connectivity index (χ3v) is 5.46. The van der Waals surface area contributed by atoms with Crippen molar-refractivity contribution in [2.75, 3.05) is 25.5 Å². The number of likely N-dealkylation sites (N-methyl/N-ethyl adjacent to an activating group) is 1. The third kappa shape index (κ3) is 5.90. The molecule has 4 aromatic rings. The fraction of sp³-hybridized carbons (Fsp3) is 0.333. The van der Waals surface area contributed by atoms with E-state index >= 15 is 0 Å². The van der Waals surface area contributed by atoms with Crippen molar-refractivity contribution in [3.8, 4) is 11.1 Å². The zero-order chi connectivity index (χ0) is 24.1. The van der Waals surface area contributed by atoms with Gasteiger partial charge in [0.2, 0.25) is 5.91 Å². The summed E-state index contributed by atoms with van der Waals surface area (Å²) in [6.45, 7) is 6.00. The summed E-state index contributed by atoms with van der Waals surface area (Å²) >= 11 is 0. The van der Waals surface area contributed by atoms with Crippen molar-refractivity contribution >= 4 is 28.6 Å². The summed E-state index contributed by atoms with van der Waals surface area (Å²) in [5, 5.41) is 15.9. The standard InChI is InChI=1S/C24H29N9O/c1-16(2)17-10-24(31-27-12-17)30-23-6-5-20-21(29-23)9-18(11-26-20)19-13-28-33(14-19)8-4-7-32(3)15-22(25)34/h5-6,9-14,16H,4,7-8,15H2,1-3H3,(H2,25,34)(H,29,30,31). The zero-order valence-electron chi connectivity index (χ0n) is 19.6. The Morgan fingerprint density at radius 3 is 2.76 bits per heavy atom. The van der Waals surface area contributed by atoms with Crippen molar-refractivity contribution in [1.29, 1.82) is 0 Å². The molecule has 4 aromatic heterocycles. The first-order valence-electron chi connectivity index (χ1n) is 11.2. The molecule has 176 valence electrons. The number of primary amides is 1. The first-order valence-corrected chi connectivity index (χ1v) is 11.2. The highest BCUT2D eigenvalue weighted by Gasteiger charge is 2.08. The summed E-state index contributed by atoms with van der Waals surface area (Å²) in [5.41, 5.74) is 9.83. The molecule has 0 aliphatic carbocycles. The number of hydrogen-bond acceptors (Lipinski definition) is 8. The maximum absolute atomic E-state index is 11.0. The van der Waals surface area contributed by atoms with Crippen LogP contribution in [0, 0.1) is 0 Å². The van der Waals surface area contributed by atoms with Gasteiger partial charge in [0.05, 0.1) is 30.0 Å². The Morgan fingerprint density at radius 1 is 1.12 bits per heavy atom. The molecule has 0 saturated carbocycles. The van der Waals surface area contributed by atoms with Crippen molar-refractivity contribution in [2.24, 2.45) is 5.73 Å². The van der Waals surface area contributed by atoms with Gasteiger partial charge in [0, 0.05) is 36.6 Å². The predicted molar refractivity (Wildman–Crippen MR) is 131 cm³/mol. The Morgan fingerprint density at radius 2 is 1.97 bits per heavy atom. The lowest BCUT2D eigenvalue weighted by Gasteiger charge is -2.13. The number of aromatic nitrogens is 6. The van der Waals surface area contributed by atoms with Crippen LogP contribution in [0.1, 0.15) is 31.7 Å². The Kier molecular flexibility index (Phi) is 7.07. The van der Waals surface area contributed by atoms with E-state index in [0.29, 0.717) is 17.6 Å². The van der Waals surface area contributed by atoms with E-state index in [-0.39, 0.29) is 12.5 Å². The number of carbonyl (C=O) groups is 1. The lowest BCUT2D eigenvalue weighted by Crippen LogP contribution is -2.31. The molecule has 0 fully saturated rings. The minimum absolute atomic E-state index is 0.257. The van der Waals surface area contributed by atoms with Gasteiger partial charge in [-0.25, -0.2) is 4.98 Å². The molecule has 34 heavy (non-hydrogen) atoms. The van der Waals surface area contributed by atoms with E-state index in [0.717, 1.165) is 47.2 Å². The fourth-order valence-electron chi connectivity index (χ4n) is 3.61. The number of pyridine rings is 2. The Balaban J connectivity index is 1.46. The number of nitrogens with zero attached hydrogens (tertiary/aromatic N) is 7. The monoisotopic (exact) mass is 459 g/mol. The maximum Gasteiger partial charge on any atom is 0.231 e. The van der Waals surface area contributed by atoms with Crippen molar-refractivity contribution in [3.63, 3.8) is 0 Å². The lowest BCUT2D eigenvalue weighted by molar-refractivity contribution is -0.118. The van der Waals surface area contributed by atoms with Gasteiger partial charge >= 0.3 is 0 Å². The van der Waals surface area contributed by atoms with Gasteiger partial charge in [-0.15, -0.1) is 5.10 Å². The van der Waals surface area contributed by atoms with Gasteiger partial charge in [-0.2, -0.15) is 10.2 Å². The Labute approximate surface area is 198 Å². The van der Waals surface area contributed by atoms with Crippen LogP contribution in [0.4, 0.5) is 11.6 Å². The predicted octanol–water partition coefficient (Wildman–Crippen LogP) is 2.96. The van der Waals surface area contributed by atoms with Crippen LogP contribution in [-0.4, -0.2) is 60.9 Å². The summed E-state index contributed by atoms with van der Waals surface area (Å²) < 4.78 is 1.89. The average molecular weight is 460 g/mol. The van der Waals surface area contributed by atoms with E-state index in [2.05, 4.69) is 39.4 Å². The van der Waals surface area contributed by atoms with Gasteiger partial charge in [0.15, 0.2) is 5.82 Å². The molecular weight excluding hydrogens is 430 g/mol. The van der Waals surface area contributed by atoms with Crippen LogP contribution >= 0.6 is 0 Å². The molecule has 10 heteroatoms. The molecule has 0 bridgehead atoms. The summed E-state index contributed by atoms with van der Waals surface area (Å²) in [6, 6.07) is 7.80. The highest BCUT2D eigenvalue weighted by Crippen LogP contribution is 2.24. The van der Waals surface area contributed by atoms with Crippen molar-refractivity contribution in [1.82, 2.24) is 34.8 Å². The molecule has 0 unspecified atom stereocenters. The SMILES string of the molecule is CC(C)c1cnnc(Nc2ccc3ncc(-c4cnn(CCCN(C)CC(N)=O)c4)cc3n2)c1. The maximum atomic E-state index is 11.0. The quantitative estimate of drug-likeness (QED) is 0.370. The van der Waals surface area contributed by atoms with Gasteiger partial charge in [-0.1, -0.05) is 13.8 Å². The lowest BCUT2D eigenvalue weighted by atomic mass is 10.1. The average Bonchev–Trinajstić information content (AvgIpc) is 3.27. The molecule has 0 aliphatic rings. The molecule has 10 nitrogen and oxygen atoms in total. The zero-order valence-corrected chi connectivity index (χ0v) is 19.6. The molecule has 0 aliphatic heterocycles. The number of fused-ring (bicyclic) bond motifs is 1. The van der Waals surface area contributed by atoms with Crippen LogP contribution in [0.2, 0.25) is 0 Å². The summed E-state index contributed by atoms with van der Waals surface area (Å²) in [7, 11) is 1.88. The summed E-state index contributed by atoms with van der Waals surface area (Å²) in [6.07, 6.45) is 8.28. The van der Waals surface area contributed by atoms with Gasteiger partial charge < -0.3 is 11.1 Å². The van der Waals surface area contributed by atoms with Crippen molar-refractivity contribution in [2.45, 2.75) is 32.7 Å². The fourth-order valence-corrected chi connectivity index (χ4v) is 3.61. The number of nitrogens with one attached hydrogen (secondary N) is 1. The number of anilines is 2. The third-order valence-electron chi connectivity index (χ3n) is 5.46. The first-order chi connectivity index (χ1) is 16.4. The van der Waals surface area contributed by atoms with Crippen LogP contribution < -0.4 is 11.1 Å². The molecule has 3 N–H and O–H groups in total. The highest BCUT2D eigenvalue weighted by molar-refractivity contribution is 5.81. The van der Waals surface area contributed by atoms with Crippen molar-refractivity contribution < 1.29 is 4.79 Å². The number of aryl methyl sites for hydroxylation is 1. The topological polar surface area (TPSA) is 128 Å². The molecule has 0 spiro atoms. The second-order valence-electron chi connectivity index (χ2n) is 8.66. The van der Waals surface area contributed by atoms with E-state index < -0.39 is 0 Å². The number of hydrogen-bond donors (Lipinski definition) is 2. The van der Waals surface area contributed by atoms with Crippen LogP contribution in [-0.2, 0) is 11.3 Å². The number of carbonyl (C=O) groups excluding carboxylic acids is 1. The molecule has 4 rings (SSSR count). The minimum atomic E-state index is -0.323. The van der Waals surface area contributed by atoms with E-state index in [9.17, 15) is 4.79 Å². The molecular formula is C24H29N9O. The largest absolute Gasteiger partial charge is 0.369 e. The van der Waals surface area contributed by atoms with E-state index in [1.165, 1.54) is 0 Å². The van der Waals surface area contributed by atoms with Crippen LogP contribution in [0.3, 0.4) is 0 Å². The van der Waals surface area contributed by atoms with E-state index in [1.807, 2.05) is 59.5 Å². The van der Waals surface area contributed by atoms with Gasteiger partial charge in [-0.05, 0) is 49.2 Å². The molecule has 0 aromatic carbocycles. The smallest absolute Gasteiger partial charge is 0.231 e. The molecule has 0 radical (unpaired) electrons. The van der Waals surface area contributed by atoms with Crippen molar-refractivity contribution in [3.05, 3.63) is 54.6 Å². The van der Waals surface area contributed by atoms with Gasteiger partial charge in [-0.3, -0.25) is 19.4 Å². The minimum Gasteiger partial charge on any atom is -0.369 e. The number of nitrogens with two attached hydrogens (primary N) is 1. The Hall–Kier alpha value is -3.92. The summed E-state index contributed by atoms with van der Waals surface area (Å²) in [5.74, 6) is 1.38. The van der Waals surface area contributed by atoms with Gasteiger partial charge in [0.25, 0.3) is 0 Å².